The fourth-order valence-corrected chi connectivity index (χ4v) is 1.75. The molecule has 94 valence electrons. The van der Waals surface area contributed by atoms with Crippen LogP contribution in [0.4, 0.5) is 5.69 Å². The molecule has 0 fully saturated rings. The Morgan fingerprint density at radius 2 is 2.00 bits per heavy atom. The average Bonchev–Trinajstić information content (AvgIpc) is 2.70. The molecule has 0 saturated carbocycles. The highest BCUT2D eigenvalue weighted by Gasteiger charge is 2.18. The lowest BCUT2D eigenvalue weighted by Gasteiger charge is -2.12. The lowest BCUT2D eigenvalue weighted by atomic mass is 10.1. The summed E-state index contributed by atoms with van der Waals surface area (Å²) in [7, 11) is 0. The summed E-state index contributed by atoms with van der Waals surface area (Å²) in [4.78, 5) is 12.0. The van der Waals surface area contributed by atoms with Crippen molar-refractivity contribution in [2.45, 2.75) is 19.9 Å². The van der Waals surface area contributed by atoms with E-state index in [4.69, 9.17) is 5.73 Å². The quantitative estimate of drug-likeness (QED) is 0.767. The number of aryl methyl sites for hydroxylation is 2. The number of hydrogen-bond acceptors (Lipinski definition) is 3. The van der Waals surface area contributed by atoms with Gasteiger partial charge in [-0.2, -0.15) is 5.10 Å². The molecule has 5 nitrogen and oxygen atoms in total. The van der Waals surface area contributed by atoms with Gasteiger partial charge in [-0.05, 0) is 19.4 Å². The van der Waals surface area contributed by atoms with Gasteiger partial charge < -0.3 is 11.1 Å². The lowest BCUT2D eigenvalue weighted by Crippen LogP contribution is -2.28. The van der Waals surface area contributed by atoms with E-state index in [1.54, 1.807) is 0 Å². The molecule has 1 heterocycles. The predicted octanol–water partition coefficient (Wildman–Crippen LogP) is 1.67. The van der Waals surface area contributed by atoms with Crippen LogP contribution in [0.2, 0.25) is 0 Å². The number of carbonyl (C=O) groups excluding carboxylic acids is 1. The zero-order valence-corrected chi connectivity index (χ0v) is 10.4. The minimum Gasteiger partial charge on any atom is -0.321 e. The highest BCUT2D eigenvalue weighted by Crippen LogP contribution is 2.18. The topological polar surface area (TPSA) is 83.8 Å². The number of rotatable bonds is 3. The molecule has 0 aliphatic rings. The van der Waals surface area contributed by atoms with Crippen LogP contribution >= 0.6 is 0 Å². The second kappa shape index (κ2) is 5.01. The third-order valence-corrected chi connectivity index (χ3v) is 2.82. The second-order valence-corrected chi connectivity index (χ2v) is 4.19. The smallest absolute Gasteiger partial charge is 0.245 e. The predicted molar refractivity (Wildman–Crippen MR) is 70.1 cm³/mol. The molecule has 0 unspecified atom stereocenters. The van der Waals surface area contributed by atoms with Crippen LogP contribution in [-0.2, 0) is 4.79 Å². The molecule has 1 atom stereocenters. The highest BCUT2D eigenvalue weighted by atomic mass is 16.2. The molecule has 0 bridgehead atoms. The number of hydrogen-bond donors (Lipinski definition) is 3. The average molecular weight is 244 g/mol. The number of H-pyrrole nitrogens is 1. The first-order valence-electron chi connectivity index (χ1n) is 5.72. The molecule has 1 amide bonds. The van der Waals surface area contributed by atoms with Crippen molar-refractivity contribution in [3.8, 4) is 0 Å². The number of anilines is 1. The van der Waals surface area contributed by atoms with Gasteiger partial charge in [-0.1, -0.05) is 30.3 Å². The summed E-state index contributed by atoms with van der Waals surface area (Å²) in [5.41, 5.74) is 8.97. The van der Waals surface area contributed by atoms with E-state index in [1.165, 1.54) is 0 Å². The summed E-state index contributed by atoms with van der Waals surface area (Å²) < 4.78 is 0. The number of nitrogens with one attached hydrogen (secondary N) is 2. The maximum absolute atomic E-state index is 12.0. The Balaban J connectivity index is 2.14. The first-order valence-corrected chi connectivity index (χ1v) is 5.72. The summed E-state index contributed by atoms with van der Waals surface area (Å²) in [6, 6.07) is 8.59. The van der Waals surface area contributed by atoms with Crippen LogP contribution in [-0.4, -0.2) is 16.1 Å². The van der Waals surface area contributed by atoms with E-state index in [-0.39, 0.29) is 5.91 Å². The normalized spacial score (nSPS) is 12.2. The Labute approximate surface area is 105 Å². The third-order valence-electron chi connectivity index (χ3n) is 2.82. The molecular weight excluding hydrogens is 228 g/mol. The fourth-order valence-electron chi connectivity index (χ4n) is 1.75. The molecule has 4 N–H and O–H groups in total. The van der Waals surface area contributed by atoms with Crippen molar-refractivity contribution in [1.29, 1.82) is 0 Å². The molecule has 1 aromatic carbocycles. The van der Waals surface area contributed by atoms with Crippen molar-refractivity contribution in [3.05, 3.63) is 47.3 Å². The Morgan fingerprint density at radius 1 is 1.33 bits per heavy atom. The largest absolute Gasteiger partial charge is 0.321 e. The molecule has 2 aromatic rings. The van der Waals surface area contributed by atoms with E-state index in [0.29, 0.717) is 5.69 Å². The van der Waals surface area contributed by atoms with Crippen molar-refractivity contribution in [2.24, 2.45) is 5.73 Å². The second-order valence-electron chi connectivity index (χ2n) is 4.19. The molecule has 0 aliphatic carbocycles. The standard InChI is InChI=1S/C13H16N4O/c1-8-12(9(2)17-16-8)15-13(18)11(14)10-6-4-3-5-7-10/h3-7,11H,14H2,1-2H3,(H,15,18)(H,16,17)/t11-/m1/s1. The zero-order chi connectivity index (χ0) is 13.1. The van der Waals surface area contributed by atoms with Crippen molar-refractivity contribution in [3.63, 3.8) is 0 Å². The monoisotopic (exact) mass is 244 g/mol. The van der Waals surface area contributed by atoms with Crippen molar-refractivity contribution >= 4 is 11.6 Å². The fraction of sp³-hybridized carbons (Fsp3) is 0.231. The van der Waals surface area contributed by atoms with E-state index < -0.39 is 6.04 Å². The first kappa shape index (κ1) is 12.3. The first-order chi connectivity index (χ1) is 8.59. The number of aromatic amines is 1. The zero-order valence-electron chi connectivity index (χ0n) is 10.4. The van der Waals surface area contributed by atoms with Crippen molar-refractivity contribution in [1.82, 2.24) is 10.2 Å². The Hall–Kier alpha value is -2.14. The molecule has 5 heteroatoms. The summed E-state index contributed by atoms with van der Waals surface area (Å²) in [6.07, 6.45) is 0. The maximum atomic E-state index is 12.0. The van der Waals surface area contributed by atoms with E-state index in [9.17, 15) is 4.79 Å². The van der Waals surface area contributed by atoms with E-state index >= 15 is 0 Å². The van der Waals surface area contributed by atoms with Crippen LogP contribution in [0.25, 0.3) is 0 Å². The van der Waals surface area contributed by atoms with Crippen LogP contribution in [0.1, 0.15) is 23.0 Å². The number of amides is 1. The van der Waals surface area contributed by atoms with Crippen LogP contribution in [0, 0.1) is 13.8 Å². The van der Waals surface area contributed by atoms with Crippen LogP contribution in [0.15, 0.2) is 30.3 Å². The number of aromatic nitrogens is 2. The Bertz CT molecular complexity index is 528. The summed E-state index contributed by atoms with van der Waals surface area (Å²) >= 11 is 0. The van der Waals surface area contributed by atoms with Gasteiger partial charge in [0.1, 0.15) is 6.04 Å². The highest BCUT2D eigenvalue weighted by molar-refractivity contribution is 5.96. The molecule has 0 aliphatic heterocycles. The van der Waals surface area contributed by atoms with E-state index in [2.05, 4.69) is 15.5 Å². The van der Waals surface area contributed by atoms with Gasteiger partial charge in [0.25, 0.3) is 0 Å². The molecular formula is C13H16N4O. The number of benzene rings is 1. The van der Waals surface area contributed by atoms with Gasteiger partial charge in [-0.15, -0.1) is 0 Å². The van der Waals surface area contributed by atoms with Crippen LogP contribution in [0.3, 0.4) is 0 Å². The van der Waals surface area contributed by atoms with Gasteiger partial charge in [0.2, 0.25) is 5.91 Å². The van der Waals surface area contributed by atoms with Gasteiger partial charge in [-0.3, -0.25) is 9.89 Å². The van der Waals surface area contributed by atoms with Gasteiger partial charge in [-0.25, -0.2) is 0 Å². The molecule has 2 rings (SSSR count). The van der Waals surface area contributed by atoms with Gasteiger partial charge in [0.15, 0.2) is 0 Å². The van der Waals surface area contributed by atoms with Crippen molar-refractivity contribution in [2.75, 3.05) is 5.32 Å². The molecule has 1 aromatic heterocycles. The summed E-state index contributed by atoms with van der Waals surface area (Å²) in [6.45, 7) is 3.68. The van der Waals surface area contributed by atoms with Gasteiger partial charge in [0, 0.05) is 0 Å². The molecule has 0 saturated heterocycles. The SMILES string of the molecule is Cc1n[nH]c(C)c1NC(=O)[C@H](N)c1ccccc1. The summed E-state index contributed by atoms with van der Waals surface area (Å²) in [5, 5.41) is 9.64. The van der Waals surface area contributed by atoms with Crippen LogP contribution in [0.5, 0.6) is 0 Å². The van der Waals surface area contributed by atoms with E-state index in [0.717, 1.165) is 17.0 Å². The molecule has 18 heavy (non-hydrogen) atoms. The molecule has 0 radical (unpaired) electrons. The van der Waals surface area contributed by atoms with Crippen LogP contribution < -0.4 is 11.1 Å². The van der Waals surface area contributed by atoms with Gasteiger partial charge >= 0.3 is 0 Å². The summed E-state index contributed by atoms with van der Waals surface area (Å²) in [5.74, 6) is -0.242. The Morgan fingerprint density at radius 3 is 2.56 bits per heavy atom. The number of nitrogens with two attached hydrogens (primary N) is 1. The third kappa shape index (κ3) is 2.41. The van der Waals surface area contributed by atoms with Gasteiger partial charge in [0.05, 0.1) is 17.1 Å². The minimum absolute atomic E-state index is 0.242. The lowest BCUT2D eigenvalue weighted by molar-refractivity contribution is -0.117. The maximum Gasteiger partial charge on any atom is 0.245 e. The molecule has 0 spiro atoms. The Kier molecular flexibility index (Phi) is 3.43. The minimum atomic E-state index is -0.681. The van der Waals surface area contributed by atoms with E-state index in [1.807, 2.05) is 44.2 Å². The van der Waals surface area contributed by atoms with Crippen molar-refractivity contribution < 1.29 is 4.79 Å². The number of nitrogens with zero attached hydrogens (tertiary/aromatic N) is 1. The number of carbonyl (C=O) groups is 1.